The van der Waals surface area contributed by atoms with Crippen LogP contribution in [0.25, 0.3) is 0 Å². The summed E-state index contributed by atoms with van der Waals surface area (Å²) in [6, 6.07) is 8.61. The molecule has 1 N–H and O–H groups in total. The fraction of sp³-hybridized carbons (Fsp3) is 0.625. The zero-order chi connectivity index (χ0) is 14.1. The first-order chi connectivity index (χ1) is 9.24. The highest BCUT2D eigenvalue weighted by Crippen LogP contribution is 2.16. The number of hydrogen-bond acceptors (Lipinski definition) is 3. The van der Waals surface area contributed by atoms with Crippen LogP contribution >= 0.6 is 0 Å². The fourth-order valence-corrected chi connectivity index (χ4v) is 2.38. The molecule has 0 heterocycles. The van der Waals surface area contributed by atoms with Gasteiger partial charge in [0, 0.05) is 12.6 Å². The molecule has 0 saturated carbocycles. The molecule has 3 nitrogen and oxygen atoms in total. The van der Waals surface area contributed by atoms with Gasteiger partial charge in [0.2, 0.25) is 0 Å². The molecule has 0 saturated heterocycles. The predicted molar refractivity (Wildman–Crippen MR) is 79.9 cm³/mol. The highest BCUT2D eigenvalue weighted by molar-refractivity contribution is 5.29. The maximum Gasteiger partial charge on any atom is 0.119 e. The Balaban J connectivity index is 2.75. The van der Waals surface area contributed by atoms with Gasteiger partial charge in [0.1, 0.15) is 5.75 Å². The molecule has 0 amide bonds. The maximum absolute atomic E-state index is 5.84. The summed E-state index contributed by atoms with van der Waals surface area (Å²) in [4.78, 5) is 0. The van der Waals surface area contributed by atoms with E-state index < -0.39 is 0 Å². The third-order valence-electron chi connectivity index (χ3n) is 3.29. The monoisotopic (exact) mass is 265 g/mol. The van der Waals surface area contributed by atoms with Gasteiger partial charge in [-0.1, -0.05) is 26.0 Å². The van der Waals surface area contributed by atoms with Crippen molar-refractivity contribution >= 4 is 0 Å². The molecule has 2 unspecified atom stereocenters. The van der Waals surface area contributed by atoms with E-state index in [1.807, 2.05) is 12.1 Å². The molecule has 0 aliphatic heterocycles. The first-order valence-corrected chi connectivity index (χ1v) is 7.23. The lowest BCUT2D eigenvalue weighted by Crippen LogP contribution is -2.42. The second-order valence-corrected chi connectivity index (χ2v) is 4.62. The van der Waals surface area contributed by atoms with Gasteiger partial charge in [0.05, 0.1) is 13.2 Å². The summed E-state index contributed by atoms with van der Waals surface area (Å²) in [5.74, 6) is 0.914. The summed E-state index contributed by atoms with van der Waals surface area (Å²) in [5, 5.41) is 3.54. The van der Waals surface area contributed by atoms with Crippen molar-refractivity contribution in [3.8, 4) is 5.75 Å². The zero-order valence-electron chi connectivity index (χ0n) is 12.6. The van der Waals surface area contributed by atoms with E-state index in [0.717, 1.165) is 31.7 Å². The number of benzene rings is 1. The van der Waals surface area contributed by atoms with Crippen molar-refractivity contribution in [2.24, 2.45) is 0 Å². The van der Waals surface area contributed by atoms with E-state index in [1.165, 1.54) is 5.56 Å². The topological polar surface area (TPSA) is 30.5 Å². The molecule has 0 aromatic heterocycles. The summed E-state index contributed by atoms with van der Waals surface area (Å²) < 4.78 is 11.1. The second-order valence-electron chi connectivity index (χ2n) is 4.62. The summed E-state index contributed by atoms with van der Waals surface area (Å²) in [6.07, 6.45) is 2.25. The quantitative estimate of drug-likeness (QED) is 0.744. The molecule has 0 bridgehead atoms. The van der Waals surface area contributed by atoms with Crippen LogP contribution in [0.15, 0.2) is 24.3 Å². The molecule has 3 heteroatoms. The summed E-state index contributed by atoms with van der Waals surface area (Å²) >= 11 is 0. The van der Waals surface area contributed by atoms with Crippen LogP contribution in [0.2, 0.25) is 0 Å². The van der Waals surface area contributed by atoms with E-state index in [1.54, 1.807) is 7.11 Å². The first kappa shape index (κ1) is 16.0. The van der Waals surface area contributed by atoms with Crippen LogP contribution < -0.4 is 10.1 Å². The number of rotatable bonds is 9. The second kappa shape index (κ2) is 8.94. The highest BCUT2D eigenvalue weighted by atomic mass is 16.5. The third-order valence-corrected chi connectivity index (χ3v) is 3.29. The van der Waals surface area contributed by atoms with Crippen molar-refractivity contribution in [2.45, 2.75) is 45.8 Å². The van der Waals surface area contributed by atoms with Gasteiger partial charge in [-0.2, -0.15) is 0 Å². The highest BCUT2D eigenvalue weighted by Gasteiger charge is 2.19. The van der Waals surface area contributed by atoms with E-state index in [2.05, 4.69) is 38.2 Å². The molecule has 0 spiro atoms. The van der Waals surface area contributed by atoms with E-state index in [0.29, 0.717) is 6.04 Å². The lowest BCUT2D eigenvalue weighted by atomic mass is 9.99. The van der Waals surface area contributed by atoms with Crippen LogP contribution in [0.4, 0.5) is 0 Å². The molecule has 0 fully saturated rings. The van der Waals surface area contributed by atoms with Gasteiger partial charge in [-0.15, -0.1) is 0 Å². The zero-order valence-corrected chi connectivity index (χ0v) is 12.6. The SMILES string of the molecule is CCNC(Cc1cccc(OC)c1)C(CC)OCC. The number of hydrogen-bond donors (Lipinski definition) is 1. The summed E-state index contributed by atoms with van der Waals surface area (Å²) in [5.41, 5.74) is 1.28. The number of likely N-dealkylation sites (N-methyl/N-ethyl adjacent to an activating group) is 1. The molecule has 1 aromatic rings. The Morgan fingerprint density at radius 2 is 2.00 bits per heavy atom. The first-order valence-electron chi connectivity index (χ1n) is 7.23. The van der Waals surface area contributed by atoms with Gasteiger partial charge in [-0.3, -0.25) is 0 Å². The Kier molecular flexibility index (Phi) is 7.53. The predicted octanol–water partition coefficient (Wildman–Crippen LogP) is 3.03. The van der Waals surface area contributed by atoms with Crippen molar-refractivity contribution < 1.29 is 9.47 Å². The van der Waals surface area contributed by atoms with Crippen molar-refractivity contribution in [1.82, 2.24) is 5.32 Å². The summed E-state index contributed by atoms with van der Waals surface area (Å²) in [6.45, 7) is 8.08. The molecular weight excluding hydrogens is 238 g/mol. The van der Waals surface area contributed by atoms with Crippen LogP contribution in [0.3, 0.4) is 0 Å². The number of ether oxygens (including phenoxy) is 2. The molecule has 19 heavy (non-hydrogen) atoms. The van der Waals surface area contributed by atoms with E-state index in [9.17, 15) is 0 Å². The summed E-state index contributed by atoms with van der Waals surface area (Å²) in [7, 11) is 1.70. The van der Waals surface area contributed by atoms with Gasteiger partial charge in [0.25, 0.3) is 0 Å². The fourth-order valence-electron chi connectivity index (χ4n) is 2.38. The lowest BCUT2D eigenvalue weighted by molar-refractivity contribution is 0.0323. The van der Waals surface area contributed by atoms with Crippen molar-refractivity contribution in [1.29, 1.82) is 0 Å². The molecule has 108 valence electrons. The molecule has 0 aliphatic rings. The van der Waals surface area contributed by atoms with Crippen molar-refractivity contribution in [3.63, 3.8) is 0 Å². The molecule has 0 aliphatic carbocycles. The smallest absolute Gasteiger partial charge is 0.119 e. The molecule has 2 atom stereocenters. The van der Waals surface area contributed by atoms with Gasteiger partial charge in [-0.05, 0) is 44.0 Å². The van der Waals surface area contributed by atoms with Crippen LogP contribution in [0.5, 0.6) is 5.75 Å². The minimum Gasteiger partial charge on any atom is -0.497 e. The Morgan fingerprint density at radius 1 is 1.21 bits per heavy atom. The number of nitrogens with one attached hydrogen (secondary N) is 1. The largest absolute Gasteiger partial charge is 0.497 e. The van der Waals surface area contributed by atoms with E-state index in [-0.39, 0.29) is 6.10 Å². The lowest BCUT2D eigenvalue weighted by Gasteiger charge is -2.27. The van der Waals surface area contributed by atoms with Crippen LogP contribution in [0, 0.1) is 0 Å². The van der Waals surface area contributed by atoms with Gasteiger partial charge in [-0.25, -0.2) is 0 Å². The third kappa shape index (κ3) is 5.21. The molecule has 1 rings (SSSR count). The van der Waals surface area contributed by atoms with Gasteiger partial charge in [0.15, 0.2) is 0 Å². The molecular formula is C16H27NO2. The van der Waals surface area contributed by atoms with E-state index >= 15 is 0 Å². The van der Waals surface area contributed by atoms with Crippen LogP contribution in [0.1, 0.15) is 32.8 Å². The van der Waals surface area contributed by atoms with Crippen molar-refractivity contribution in [3.05, 3.63) is 29.8 Å². The average Bonchev–Trinajstić information content (AvgIpc) is 2.44. The Bertz CT molecular complexity index is 354. The van der Waals surface area contributed by atoms with Gasteiger partial charge < -0.3 is 14.8 Å². The maximum atomic E-state index is 5.84. The normalized spacial score (nSPS) is 14.1. The molecule has 1 aromatic carbocycles. The standard InChI is InChI=1S/C16H27NO2/c1-5-16(19-7-3)15(17-6-2)12-13-9-8-10-14(11-13)18-4/h8-11,15-17H,5-7,12H2,1-4H3. The van der Waals surface area contributed by atoms with Crippen LogP contribution in [-0.4, -0.2) is 32.4 Å². The Hall–Kier alpha value is -1.06. The Labute approximate surface area is 117 Å². The Morgan fingerprint density at radius 3 is 2.58 bits per heavy atom. The van der Waals surface area contributed by atoms with Crippen molar-refractivity contribution in [2.75, 3.05) is 20.3 Å². The number of methoxy groups -OCH3 is 1. The van der Waals surface area contributed by atoms with E-state index in [4.69, 9.17) is 9.47 Å². The van der Waals surface area contributed by atoms with Crippen LogP contribution in [-0.2, 0) is 11.2 Å². The van der Waals surface area contributed by atoms with Gasteiger partial charge >= 0.3 is 0 Å². The minimum atomic E-state index is 0.260. The molecule has 0 radical (unpaired) electrons. The minimum absolute atomic E-state index is 0.260. The average molecular weight is 265 g/mol.